The molecule has 1 aromatic carbocycles. The maximum atomic E-state index is 13.0. The molecular formula is C10H6F4S. The van der Waals surface area contributed by atoms with Crippen LogP contribution < -0.4 is 0 Å². The van der Waals surface area contributed by atoms with Gasteiger partial charge in [-0.05, 0) is 18.2 Å². The minimum absolute atomic E-state index is 0.203. The molecule has 80 valence electrons. The van der Waals surface area contributed by atoms with Crippen molar-refractivity contribution < 1.29 is 17.6 Å². The number of benzene rings is 1. The van der Waals surface area contributed by atoms with E-state index < -0.39 is 17.6 Å². The molecule has 0 aromatic heterocycles. The van der Waals surface area contributed by atoms with Crippen molar-refractivity contribution in [1.29, 1.82) is 0 Å². The molecule has 5 heteroatoms. The standard InChI is InChI=1S/C10H6F4S/c11-9-6-7(2-1-5-15)3-4-8(9)10(12,13)14/h3-4,6,15H,5H2. The minimum Gasteiger partial charge on any atom is -0.206 e. The zero-order valence-corrected chi connectivity index (χ0v) is 8.29. The van der Waals surface area contributed by atoms with E-state index >= 15 is 0 Å². The molecule has 0 aliphatic heterocycles. The van der Waals surface area contributed by atoms with Gasteiger partial charge in [-0.25, -0.2) is 4.39 Å². The molecule has 0 saturated heterocycles. The molecule has 0 radical (unpaired) electrons. The van der Waals surface area contributed by atoms with Crippen LogP contribution in [0, 0.1) is 17.7 Å². The van der Waals surface area contributed by atoms with Crippen LogP contribution in [0.25, 0.3) is 0 Å². The second kappa shape index (κ2) is 4.58. The van der Waals surface area contributed by atoms with Crippen LogP contribution in [0.2, 0.25) is 0 Å². The number of halogens is 4. The SMILES string of the molecule is Fc1cc(C#CCS)ccc1C(F)(F)F. The summed E-state index contributed by atoms with van der Waals surface area (Å²) in [5.74, 6) is 3.95. The molecular weight excluding hydrogens is 228 g/mol. The van der Waals surface area contributed by atoms with E-state index in [1.54, 1.807) is 0 Å². The maximum absolute atomic E-state index is 13.0. The fourth-order valence-corrected chi connectivity index (χ4v) is 1.04. The lowest BCUT2D eigenvalue weighted by molar-refractivity contribution is -0.140. The summed E-state index contributed by atoms with van der Waals surface area (Å²) in [5.41, 5.74) is -1.08. The Bertz CT molecular complexity index is 412. The fourth-order valence-electron chi connectivity index (χ4n) is 0.964. The summed E-state index contributed by atoms with van der Waals surface area (Å²) in [6.07, 6.45) is -4.67. The second-order valence-corrected chi connectivity index (χ2v) is 2.97. The summed E-state index contributed by atoms with van der Waals surface area (Å²) in [6, 6.07) is 2.57. The normalized spacial score (nSPS) is 10.7. The summed E-state index contributed by atoms with van der Waals surface area (Å²) in [4.78, 5) is 0. The Morgan fingerprint density at radius 2 is 1.93 bits per heavy atom. The molecule has 1 aromatic rings. The fraction of sp³-hybridized carbons (Fsp3) is 0.200. The van der Waals surface area contributed by atoms with Crippen LogP contribution >= 0.6 is 12.6 Å². The van der Waals surface area contributed by atoms with E-state index in [-0.39, 0.29) is 11.3 Å². The average Bonchev–Trinajstić information content (AvgIpc) is 2.12. The summed E-state index contributed by atoms with van der Waals surface area (Å²) in [5, 5.41) is 0. The molecule has 15 heavy (non-hydrogen) atoms. The van der Waals surface area contributed by atoms with Crippen molar-refractivity contribution in [2.24, 2.45) is 0 Å². The lowest BCUT2D eigenvalue weighted by atomic mass is 10.1. The zero-order valence-electron chi connectivity index (χ0n) is 7.40. The molecule has 1 rings (SSSR count). The highest BCUT2D eigenvalue weighted by Crippen LogP contribution is 2.31. The van der Waals surface area contributed by atoms with Crippen molar-refractivity contribution in [3.63, 3.8) is 0 Å². The van der Waals surface area contributed by atoms with E-state index in [4.69, 9.17) is 0 Å². The van der Waals surface area contributed by atoms with Crippen LogP contribution in [-0.2, 0) is 6.18 Å². The predicted octanol–water partition coefficient (Wildman–Crippen LogP) is 3.13. The van der Waals surface area contributed by atoms with Gasteiger partial charge in [0.1, 0.15) is 5.82 Å². The molecule has 0 fully saturated rings. The topological polar surface area (TPSA) is 0 Å². The monoisotopic (exact) mass is 234 g/mol. The lowest BCUT2D eigenvalue weighted by Gasteiger charge is -2.07. The predicted molar refractivity (Wildman–Crippen MR) is 52.1 cm³/mol. The third-order valence-electron chi connectivity index (χ3n) is 1.59. The highest BCUT2D eigenvalue weighted by molar-refractivity contribution is 7.80. The smallest absolute Gasteiger partial charge is 0.206 e. The van der Waals surface area contributed by atoms with Crippen molar-refractivity contribution in [1.82, 2.24) is 0 Å². The van der Waals surface area contributed by atoms with Gasteiger partial charge >= 0.3 is 6.18 Å². The van der Waals surface area contributed by atoms with Crippen LogP contribution in [0.1, 0.15) is 11.1 Å². The van der Waals surface area contributed by atoms with Crippen LogP contribution in [0.5, 0.6) is 0 Å². The second-order valence-electron chi connectivity index (χ2n) is 2.65. The van der Waals surface area contributed by atoms with Crippen molar-refractivity contribution in [2.75, 3.05) is 5.75 Å². The quantitative estimate of drug-likeness (QED) is 0.398. The minimum atomic E-state index is -4.67. The molecule has 0 aliphatic carbocycles. The van der Waals surface area contributed by atoms with Gasteiger partial charge in [0.05, 0.1) is 11.3 Å². The molecule has 0 bridgehead atoms. The van der Waals surface area contributed by atoms with Crippen molar-refractivity contribution >= 4 is 12.6 Å². The molecule has 0 aliphatic rings. The highest BCUT2D eigenvalue weighted by atomic mass is 32.1. The number of hydrogen-bond donors (Lipinski definition) is 1. The van der Waals surface area contributed by atoms with E-state index in [1.807, 2.05) is 0 Å². The van der Waals surface area contributed by atoms with E-state index in [0.29, 0.717) is 6.07 Å². The Hall–Kier alpha value is -1.15. The summed E-state index contributed by atoms with van der Waals surface area (Å²) >= 11 is 3.80. The van der Waals surface area contributed by atoms with Crippen molar-refractivity contribution in [3.8, 4) is 11.8 Å². The molecule has 0 heterocycles. The Balaban J connectivity index is 3.09. The van der Waals surface area contributed by atoms with Gasteiger partial charge < -0.3 is 0 Å². The first-order valence-corrected chi connectivity index (χ1v) is 4.55. The number of hydrogen-bond acceptors (Lipinski definition) is 1. The van der Waals surface area contributed by atoms with E-state index in [2.05, 4.69) is 24.5 Å². The maximum Gasteiger partial charge on any atom is 0.419 e. The van der Waals surface area contributed by atoms with Gasteiger partial charge in [0, 0.05) is 5.56 Å². The first-order chi connectivity index (χ1) is 6.95. The number of thiol groups is 1. The summed E-state index contributed by atoms with van der Waals surface area (Å²) < 4.78 is 49.4. The first-order valence-electron chi connectivity index (χ1n) is 3.91. The molecule has 0 amide bonds. The van der Waals surface area contributed by atoms with Gasteiger partial charge in [0.15, 0.2) is 0 Å². The third kappa shape index (κ3) is 3.17. The molecule has 0 atom stereocenters. The van der Waals surface area contributed by atoms with Gasteiger partial charge in [0.2, 0.25) is 0 Å². The Morgan fingerprint density at radius 1 is 1.27 bits per heavy atom. The Kier molecular flexibility index (Phi) is 3.64. The van der Waals surface area contributed by atoms with Gasteiger partial charge in [-0.1, -0.05) is 11.8 Å². The Morgan fingerprint density at radius 3 is 2.40 bits per heavy atom. The molecule has 0 nitrogen and oxygen atoms in total. The number of rotatable bonds is 0. The first kappa shape index (κ1) is 11.9. The third-order valence-corrected chi connectivity index (χ3v) is 1.74. The average molecular weight is 234 g/mol. The van der Waals surface area contributed by atoms with Gasteiger partial charge in [0.25, 0.3) is 0 Å². The highest BCUT2D eigenvalue weighted by Gasteiger charge is 2.33. The van der Waals surface area contributed by atoms with E-state index in [1.165, 1.54) is 0 Å². The van der Waals surface area contributed by atoms with E-state index in [0.717, 1.165) is 12.1 Å². The van der Waals surface area contributed by atoms with Crippen LogP contribution in [-0.4, -0.2) is 5.75 Å². The number of alkyl halides is 3. The van der Waals surface area contributed by atoms with Crippen LogP contribution in [0.15, 0.2) is 18.2 Å². The van der Waals surface area contributed by atoms with Gasteiger partial charge in [-0.2, -0.15) is 25.8 Å². The molecule has 0 unspecified atom stereocenters. The van der Waals surface area contributed by atoms with Gasteiger partial charge in [-0.3, -0.25) is 0 Å². The molecule has 0 spiro atoms. The Labute approximate surface area is 89.7 Å². The molecule has 0 saturated carbocycles. The van der Waals surface area contributed by atoms with Crippen LogP contribution in [0.4, 0.5) is 17.6 Å². The van der Waals surface area contributed by atoms with Crippen molar-refractivity contribution in [3.05, 3.63) is 35.1 Å². The lowest BCUT2D eigenvalue weighted by Crippen LogP contribution is -2.07. The largest absolute Gasteiger partial charge is 0.419 e. The van der Waals surface area contributed by atoms with Crippen LogP contribution in [0.3, 0.4) is 0 Å². The summed E-state index contributed by atoms with van der Waals surface area (Å²) in [7, 11) is 0. The summed E-state index contributed by atoms with van der Waals surface area (Å²) in [6.45, 7) is 0. The van der Waals surface area contributed by atoms with E-state index in [9.17, 15) is 17.6 Å². The molecule has 0 N–H and O–H groups in total. The van der Waals surface area contributed by atoms with Gasteiger partial charge in [-0.15, -0.1) is 0 Å². The van der Waals surface area contributed by atoms with Crippen molar-refractivity contribution in [2.45, 2.75) is 6.18 Å². The zero-order chi connectivity index (χ0) is 11.5.